The largest absolute Gasteiger partial charge is 0.360 e. The number of nitrogens with one attached hydrogen (secondary N) is 1. The van der Waals surface area contributed by atoms with Crippen molar-refractivity contribution in [1.29, 1.82) is 0 Å². The van der Waals surface area contributed by atoms with Crippen LogP contribution in [0.25, 0.3) is 0 Å². The van der Waals surface area contributed by atoms with Gasteiger partial charge in [-0.25, -0.2) is 4.39 Å². The van der Waals surface area contributed by atoms with E-state index in [0.717, 1.165) is 0 Å². The Hall–Kier alpha value is -1.01. The van der Waals surface area contributed by atoms with Gasteiger partial charge in [0, 0.05) is 12.7 Å². The minimum absolute atomic E-state index is 0.0895. The molecule has 0 aliphatic rings. The number of halogens is 1. The molecule has 0 heterocycles. The second kappa shape index (κ2) is 8.16. The fourth-order valence-corrected chi connectivity index (χ4v) is 1.63. The lowest BCUT2D eigenvalue weighted by atomic mass is 10.0. The van der Waals surface area contributed by atoms with Crippen molar-refractivity contribution in [2.75, 3.05) is 27.7 Å². The van der Waals surface area contributed by atoms with Crippen molar-refractivity contribution in [2.24, 2.45) is 0 Å². The maximum atomic E-state index is 13.8. The van der Waals surface area contributed by atoms with Crippen LogP contribution in [0, 0.1) is 5.82 Å². The minimum atomic E-state index is -0.500. The lowest BCUT2D eigenvalue weighted by Gasteiger charge is -2.25. The molecule has 2 atom stereocenters. The molecule has 0 bridgehead atoms. The van der Waals surface area contributed by atoms with Crippen LogP contribution in [0.2, 0.25) is 0 Å². The quantitative estimate of drug-likeness (QED) is 0.724. The van der Waals surface area contributed by atoms with Gasteiger partial charge < -0.3 is 14.2 Å². The average molecular weight is 257 g/mol. The Morgan fingerprint density at radius 1 is 1.28 bits per heavy atom. The van der Waals surface area contributed by atoms with Crippen molar-refractivity contribution in [3.05, 3.63) is 35.6 Å². The van der Waals surface area contributed by atoms with Gasteiger partial charge in [0.15, 0.2) is 0 Å². The molecular weight excluding hydrogens is 237 g/mol. The predicted octanol–water partition coefficient (Wildman–Crippen LogP) is 2.07. The minimum Gasteiger partial charge on any atom is -0.360 e. The Balaban J connectivity index is 2.80. The molecule has 5 heteroatoms. The molecule has 1 aromatic carbocycles. The molecular formula is C13H20FNO3. The molecule has 0 aliphatic heterocycles. The summed E-state index contributed by atoms with van der Waals surface area (Å²) in [6, 6.07) is 6.51. The normalized spacial score (nSPS) is 14.4. The first kappa shape index (κ1) is 15.0. The van der Waals surface area contributed by atoms with Crippen molar-refractivity contribution >= 4 is 0 Å². The molecule has 18 heavy (non-hydrogen) atoms. The number of rotatable bonds is 8. The highest BCUT2D eigenvalue weighted by atomic mass is 19.1. The number of hydrogen-bond acceptors (Lipinski definition) is 4. The first-order valence-corrected chi connectivity index (χ1v) is 5.81. The first-order chi connectivity index (χ1) is 8.70. The fraction of sp³-hybridized carbons (Fsp3) is 0.538. The maximum Gasteiger partial charge on any atom is 0.147 e. The number of ether oxygens (including phenoxy) is 3. The summed E-state index contributed by atoms with van der Waals surface area (Å²) in [5.74, 6) is -0.307. The highest BCUT2D eigenvalue weighted by Gasteiger charge is 2.23. The van der Waals surface area contributed by atoms with Crippen LogP contribution in [0.15, 0.2) is 24.3 Å². The lowest BCUT2D eigenvalue weighted by molar-refractivity contribution is -0.128. The smallest absolute Gasteiger partial charge is 0.147 e. The zero-order valence-electron chi connectivity index (χ0n) is 11.0. The molecule has 1 aromatic rings. The third-order valence-electron chi connectivity index (χ3n) is 2.49. The second-order valence-electron chi connectivity index (χ2n) is 3.88. The lowest BCUT2D eigenvalue weighted by Crippen LogP contribution is -2.27. The first-order valence-electron chi connectivity index (χ1n) is 5.81. The third-order valence-corrected chi connectivity index (χ3v) is 2.49. The van der Waals surface area contributed by atoms with Gasteiger partial charge >= 0.3 is 0 Å². The Kier molecular flexibility index (Phi) is 6.82. The van der Waals surface area contributed by atoms with Crippen LogP contribution < -0.4 is 5.32 Å². The number of hydrogen-bond donors (Lipinski definition) is 1. The Labute approximate surface area is 107 Å². The maximum absolute atomic E-state index is 13.8. The van der Waals surface area contributed by atoms with Crippen LogP contribution in [0.5, 0.6) is 0 Å². The summed E-state index contributed by atoms with van der Waals surface area (Å²) in [7, 11) is 3.30. The van der Waals surface area contributed by atoms with Crippen molar-refractivity contribution in [1.82, 2.24) is 5.32 Å². The van der Waals surface area contributed by atoms with Gasteiger partial charge in [-0.3, -0.25) is 5.32 Å². The van der Waals surface area contributed by atoms with Gasteiger partial charge in [0.05, 0.1) is 12.8 Å². The molecule has 0 saturated heterocycles. The second-order valence-corrected chi connectivity index (χ2v) is 3.88. The Morgan fingerprint density at radius 2 is 2.00 bits per heavy atom. The van der Waals surface area contributed by atoms with E-state index in [0.29, 0.717) is 12.3 Å². The third kappa shape index (κ3) is 4.34. The van der Waals surface area contributed by atoms with Crippen molar-refractivity contribution in [3.63, 3.8) is 0 Å². The zero-order valence-corrected chi connectivity index (χ0v) is 11.0. The van der Waals surface area contributed by atoms with Crippen LogP contribution in [0.4, 0.5) is 4.39 Å². The van der Waals surface area contributed by atoms with E-state index in [1.54, 1.807) is 25.2 Å². The van der Waals surface area contributed by atoms with E-state index < -0.39 is 6.10 Å². The summed E-state index contributed by atoms with van der Waals surface area (Å²) >= 11 is 0. The van der Waals surface area contributed by atoms with Crippen LogP contribution >= 0.6 is 0 Å². The van der Waals surface area contributed by atoms with Gasteiger partial charge in [-0.2, -0.15) is 0 Å². The summed E-state index contributed by atoms with van der Waals surface area (Å²) in [5.41, 5.74) is 0.471. The van der Waals surface area contributed by atoms with E-state index >= 15 is 0 Å². The fourth-order valence-electron chi connectivity index (χ4n) is 1.63. The molecule has 102 valence electrons. The van der Waals surface area contributed by atoms with Crippen LogP contribution in [-0.2, 0) is 14.2 Å². The van der Waals surface area contributed by atoms with Crippen molar-refractivity contribution in [2.45, 2.75) is 19.1 Å². The van der Waals surface area contributed by atoms with E-state index in [1.165, 1.54) is 13.2 Å². The van der Waals surface area contributed by atoms with E-state index in [1.807, 2.05) is 6.92 Å². The van der Waals surface area contributed by atoms with Gasteiger partial charge in [0.2, 0.25) is 0 Å². The SMILES string of the molecule is CNCOC(C)C(OCOC)c1ccccc1F. The average Bonchev–Trinajstić information content (AvgIpc) is 2.38. The van der Waals surface area contributed by atoms with Gasteiger partial charge in [0.25, 0.3) is 0 Å². The summed E-state index contributed by atoms with van der Waals surface area (Å²) in [6.07, 6.45) is -0.788. The van der Waals surface area contributed by atoms with Crippen LogP contribution in [0.1, 0.15) is 18.6 Å². The van der Waals surface area contributed by atoms with E-state index in [4.69, 9.17) is 14.2 Å². The van der Waals surface area contributed by atoms with Gasteiger partial charge in [-0.05, 0) is 20.0 Å². The van der Waals surface area contributed by atoms with Crippen molar-refractivity contribution in [3.8, 4) is 0 Å². The van der Waals surface area contributed by atoms with Gasteiger partial charge in [-0.1, -0.05) is 18.2 Å². The topological polar surface area (TPSA) is 39.7 Å². The summed E-state index contributed by atoms with van der Waals surface area (Å²) < 4.78 is 29.6. The Bertz CT molecular complexity index is 349. The highest BCUT2D eigenvalue weighted by molar-refractivity contribution is 5.20. The zero-order chi connectivity index (χ0) is 13.4. The molecule has 0 radical (unpaired) electrons. The molecule has 4 nitrogen and oxygen atoms in total. The summed E-state index contributed by atoms with van der Waals surface area (Å²) in [6.45, 7) is 2.30. The molecule has 0 aliphatic carbocycles. The summed E-state index contributed by atoms with van der Waals surface area (Å²) in [5, 5.41) is 2.87. The van der Waals surface area contributed by atoms with Crippen molar-refractivity contribution < 1.29 is 18.6 Å². The predicted molar refractivity (Wildman–Crippen MR) is 66.6 cm³/mol. The van der Waals surface area contributed by atoms with E-state index in [2.05, 4.69) is 5.32 Å². The highest BCUT2D eigenvalue weighted by Crippen LogP contribution is 2.25. The Morgan fingerprint density at radius 3 is 2.61 bits per heavy atom. The molecule has 1 N–H and O–H groups in total. The molecule has 0 amide bonds. The molecule has 0 fully saturated rings. The molecule has 1 rings (SSSR count). The molecule has 0 spiro atoms. The van der Waals surface area contributed by atoms with Crippen LogP contribution in [-0.4, -0.2) is 33.8 Å². The number of methoxy groups -OCH3 is 1. The number of benzene rings is 1. The van der Waals surface area contributed by atoms with Gasteiger partial charge in [0.1, 0.15) is 18.7 Å². The molecule has 2 unspecified atom stereocenters. The van der Waals surface area contributed by atoms with Gasteiger partial charge in [-0.15, -0.1) is 0 Å². The molecule has 0 saturated carbocycles. The summed E-state index contributed by atoms with van der Waals surface area (Å²) in [4.78, 5) is 0. The van der Waals surface area contributed by atoms with Crippen LogP contribution in [0.3, 0.4) is 0 Å². The van der Waals surface area contributed by atoms with E-state index in [-0.39, 0.29) is 18.7 Å². The molecule has 0 aromatic heterocycles. The standard InChI is InChI=1S/C13H20FNO3/c1-10(17-8-15-2)13(18-9-16-3)11-6-4-5-7-12(11)14/h4-7,10,13,15H,8-9H2,1-3H3. The van der Waals surface area contributed by atoms with E-state index in [9.17, 15) is 4.39 Å². The monoisotopic (exact) mass is 257 g/mol.